The van der Waals surface area contributed by atoms with Crippen LogP contribution >= 0.6 is 0 Å². The van der Waals surface area contributed by atoms with Gasteiger partial charge in [-0.1, -0.05) is 85.0 Å². The van der Waals surface area contributed by atoms with Gasteiger partial charge in [-0.05, 0) is 59.2 Å². The minimum absolute atomic E-state index is 0.271. The summed E-state index contributed by atoms with van der Waals surface area (Å²) in [6, 6.07) is 30.2. The Morgan fingerprint density at radius 2 is 1.12 bits per heavy atom. The molecule has 2 nitrogen and oxygen atoms in total. The van der Waals surface area contributed by atoms with Gasteiger partial charge in [0.25, 0.3) is 0 Å². The molecule has 2 heteroatoms. The number of nitrogens with zero attached hydrogens (tertiary/aromatic N) is 2. The second kappa shape index (κ2) is 7.11. The van der Waals surface area contributed by atoms with Crippen LogP contribution in [-0.2, 0) is 0 Å². The molecule has 0 amide bonds. The summed E-state index contributed by atoms with van der Waals surface area (Å²) >= 11 is 0. The fourth-order valence-corrected chi connectivity index (χ4v) is 5.45. The predicted molar refractivity (Wildman–Crippen MR) is 137 cm³/mol. The zero-order chi connectivity index (χ0) is 21.8. The minimum Gasteiger partial charge on any atom is -0.306 e. The number of para-hydroxylation sites is 4. The van der Waals surface area contributed by atoms with Gasteiger partial charge in [-0.3, -0.25) is 0 Å². The van der Waals surface area contributed by atoms with Gasteiger partial charge in [-0.2, -0.15) is 0 Å². The third-order valence-corrected chi connectivity index (χ3v) is 6.80. The van der Waals surface area contributed by atoms with Gasteiger partial charge in [-0.25, -0.2) is 0 Å². The number of hydrogen-bond donors (Lipinski definition) is 0. The first-order valence-electron chi connectivity index (χ1n) is 11.4. The van der Waals surface area contributed by atoms with Gasteiger partial charge in [0.1, 0.15) is 0 Å². The van der Waals surface area contributed by atoms with Crippen LogP contribution in [0.4, 0.5) is 22.7 Å². The monoisotopic (exact) mass is 422 g/mol. The molecule has 0 spiro atoms. The molecule has 0 bridgehead atoms. The molecule has 3 aliphatic carbocycles. The first-order chi connectivity index (χ1) is 16.4. The Balaban J connectivity index is 1.59. The maximum atomic E-state index is 2.44. The van der Waals surface area contributed by atoms with Crippen molar-refractivity contribution < 1.29 is 0 Å². The van der Waals surface area contributed by atoms with E-state index in [1.54, 1.807) is 0 Å². The van der Waals surface area contributed by atoms with E-state index in [4.69, 9.17) is 0 Å². The van der Waals surface area contributed by atoms with Crippen LogP contribution in [0.25, 0.3) is 0 Å². The molecule has 3 aromatic carbocycles. The lowest BCUT2D eigenvalue weighted by Gasteiger charge is -2.47. The van der Waals surface area contributed by atoms with Gasteiger partial charge in [0.15, 0.2) is 0 Å². The molecule has 0 aromatic heterocycles. The maximum Gasteiger partial charge on any atom is 0.0745 e. The lowest BCUT2D eigenvalue weighted by atomic mass is 9.73. The van der Waals surface area contributed by atoms with E-state index in [-0.39, 0.29) is 5.92 Å². The summed E-state index contributed by atoms with van der Waals surface area (Å²) in [7, 11) is 0. The van der Waals surface area contributed by atoms with Crippen LogP contribution < -0.4 is 9.80 Å². The Kier molecular flexibility index (Phi) is 3.94. The predicted octanol–water partition coefficient (Wildman–Crippen LogP) is 7.74. The summed E-state index contributed by atoms with van der Waals surface area (Å²) in [5.74, 6) is 0.271. The van der Waals surface area contributed by atoms with Crippen LogP contribution in [0.2, 0.25) is 0 Å². The molecule has 0 fully saturated rings. The summed E-state index contributed by atoms with van der Waals surface area (Å²) in [5.41, 5.74) is 11.2. The van der Waals surface area contributed by atoms with Crippen molar-refractivity contribution in [1.29, 1.82) is 0 Å². The third-order valence-electron chi connectivity index (χ3n) is 6.80. The van der Waals surface area contributed by atoms with E-state index in [2.05, 4.69) is 137 Å². The molecule has 1 atom stereocenters. The second-order valence-corrected chi connectivity index (χ2v) is 8.65. The Bertz CT molecular complexity index is 1450. The summed E-state index contributed by atoms with van der Waals surface area (Å²) in [6.45, 7) is 0. The van der Waals surface area contributed by atoms with E-state index in [1.165, 1.54) is 50.9 Å². The van der Waals surface area contributed by atoms with Crippen molar-refractivity contribution in [2.75, 3.05) is 9.80 Å². The zero-order valence-electron chi connectivity index (χ0n) is 18.1. The Hall–Kier alpha value is -4.30. The Labute approximate surface area is 194 Å². The van der Waals surface area contributed by atoms with Crippen LogP contribution in [-0.4, -0.2) is 0 Å². The van der Waals surface area contributed by atoms with Crippen molar-refractivity contribution in [2.24, 2.45) is 5.92 Å². The average molecular weight is 423 g/mol. The van der Waals surface area contributed by atoms with Crippen LogP contribution in [0.15, 0.2) is 156 Å². The molecule has 4 aliphatic rings. The molecule has 0 radical (unpaired) electrons. The Morgan fingerprint density at radius 1 is 0.545 bits per heavy atom. The molecular weight excluding hydrogens is 400 g/mol. The van der Waals surface area contributed by atoms with Gasteiger partial charge in [0.2, 0.25) is 0 Å². The highest BCUT2D eigenvalue weighted by Gasteiger charge is 2.40. The smallest absolute Gasteiger partial charge is 0.0745 e. The van der Waals surface area contributed by atoms with Crippen molar-refractivity contribution in [3.8, 4) is 0 Å². The topological polar surface area (TPSA) is 6.48 Å². The van der Waals surface area contributed by atoms with Crippen LogP contribution in [0.1, 0.15) is 0 Å². The summed E-state index contributed by atoms with van der Waals surface area (Å²) in [6.07, 6.45) is 15.8. The van der Waals surface area contributed by atoms with Gasteiger partial charge >= 0.3 is 0 Å². The molecule has 1 unspecified atom stereocenters. The van der Waals surface area contributed by atoms with E-state index >= 15 is 0 Å². The highest BCUT2D eigenvalue weighted by atomic mass is 15.3. The summed E-state index contributed by atoms with van der Waals surface area (Å²) < 4.78 is 0. The highest BCUT2D eigenvalue weighted by molar-refractivity contribution is 5.94. The quantitative estimate of drug-likeness (QED) is 0.417. The molecular formula is C31H22N2. The second-order valence-electron chi connectivity index (χ2n) is 8.65. The zero-order valence-corrected chi connectivity index (χ0v) is 18.1. The first-order valence-corrected chi connectivity index (χ1v) is 11.4. The van der Waals surface area contributed by atoms with Crippen molar-refractivity contribution in [3.63, 3.8) is 0 Å². The fourth-order valence-electron chi connectivity index (χ4n) is 5.45. The number of benzene rings is 3. The molecule has 7 rings (SSSR count). The highest BCUT2D eigenvalue weighted by Crippen LogP contribution is 2.54. The lowest BCUT2D eigenvalue weighted by Crippen LogP contribution is -2.37. The summed E-state index contributed by atoms with van der Waals surface area (Å²) in [5, 5.41) is 0. The lowest BCUT2D eigenvalue weighted by molar-refractivity contribution is 0.829. The van der Waals surface area contributed by atoms with Gasteiger partial charge in [-0.15, -0.1) is 0 Å². The number of rotatable bonds is 2. The van der Waals surface area contributed by atoms with E-state index in [0.717, 1.165) is 0 Å². The van der Waals surface area contributed by atoms with Gasteiger partial charge in [0, 0.05) is 17.3 Å². The molecule has 1 heterocycles. The van der Waals surface area contributed by atoms with Crippen LogP contribution in [0.5, 0.6) is 0 Å². The molecule has 1 aliphatic heterocycles. The summed E-state index contributed by atoms with van der Waals surface area (Å²) in [4.78, 5) is 4.86. The molecule has 156 valence electrons. The van der Waals surface area contributed by atoms with Crippen molar-refractivity contribution >= 4 is 22.7 Å². The number of fused-ring (bicyclic) bond motifs is 2. The molecule has 33 heavy (non-hydrogen) atoms. The van der Waals surface area contributed by atoms with Crippen LogP contribution in [0, 0.1) is 5.92 Å². The van der Waals surface area contributed by atoms with Gasteiger partial charge in [0.05, 0.1) is 22.8 Å². The number of anilines is 4. The van der Waals surface area contributed by atoms with Crippen molar-refractivity contribution in [3.05, 3.63) is 156 Å². The number of hydrogen-bond acceptors (Lipinski definition) is 2. The largest absolute Gasteiger partial charge is 0.306 e. The standard InChI is InChI=1S/C31H22N2/c1-3-14-24(15-4-1)32-27-19-7-8-20-28(27)33(25-16-5-2-6-17-25)31-26-18-10-12-22-11-9-13-23(30(22)26)21-29(31)32/h1-21,30H. The first kappa shape index (κ1) is 18.3. The van der Waals surface area contributed by atoms with Crippen molar-refractivity contribution in [2.45, 2.75) is 0 Å². The number of allylic oxidation sites excluding steroid dienone is 10. The van der Waals surface area contributed by atoms with E-state index in [1.807, 2.05) is 0 Å². The fraction of sp³-hybridized carbons (Fsp3) is 0.0323. The maximum absolute atomic E-state index is 2.44. The molecule has 0 saturated carbocycles. The van der Waals surface area contributed by atoms with Crippen LogP contribution in [0.3, 0.4) is 0 Å². The molecule has 3 aromatic rings. The molecule has 0 N–H and O–H groups in total. The SMILES string of the molecule is C1=CC2=CC=CC3=C4C(=CC(=C1)C23)N(c1ccccc1)c1ccccc1N4c1ccccc1. The third kappa shape index (κ3) is 2.68. The van der Waals surface area contributed by atoms with E-state index in [0.29, 0.717) is 0 Å². The van der Waals surface area contributed by atoms with Crippen molar-refractivity contribution in [1.82, 2.24) is 0 Å². The van der Waals surface area contributed by atoms with E-state index < -0.39 is 0 Å². The molecule has 0 saturated heterocycles. The van der Waals surface area contributed by atoms with Gasteiger partial charge < -0.3 is 9.80 Å². The minimum atomic E-state index is 0.271. The average Bonchev–Trinajstić information content (AvgIpc) is 2.89. The van der Waals surface area contributed by atoms with E-state index in [9.17, 15) is 0 Å². The normalized spacial score (nSPS) is 19.9. The Morgan fingerprint density at radius 3 is 1.85 bits per heavy atom.